The Bertz CT molecular complexity index is 228. The van der Waals surface area contributed by atoms with Crippen LogP contribution < -0.4 is 5.73 Å². The number of hydrogen-bond donors (Lipinski definition) is 1. The van der Waals surface area contributed by atoms with Crippen molar-refractivity contribution in [2.75, 3.05) is 33.7 Å². The molecule has 1 aliphatic heterocycles. The Kier molecular flexibility index (Phi) is 5.42. The van der Waals surface area contributed by atoms with E-state index in [1.807, 2.05) is 0 Å². The van der Waals surface area contributed by atoms with E-state index < -0.39 is 0 Å². The van der Waals surface area contributed by atoms with E-state index in [2.05, 4.69) is 44.7 Å². The standard InChI is InChI=1S/C14H31N3/c1-12(2)9-14(3,11-15)17-8-6-7-13(10-17)16(4)5/h12-13H,6-11,15H2,1-5H3. The van der Waals surface area contributed by atoms with Crippen LogP contribution in [0, 0.1) is 5.92 Å². The molecular weight excluding hydrogens is 210 g/mol. The molecule has 102 valence electrons. The predicted octanol–water partition coefficient (Wildman–Crippen LogP) is 1.78. The van der Waals surface area contributed by atoms with Gasteiger partial charge in [0.05, 0.1) is 0 Å². The van der Waals surface area contributed by atoms with Gasteiger partial charge in [0.25, 0.3) is 0 Å². The molecule has 0 aromatic heterocycles. The van der Waals surface area contributed by atoms with Crippen LogP contribution in [-0.4, -0.2) is 55.1 Å². The van der Waals surface area contributed by atoms with Gasteiger partial charge in [-0.05, 0) is 52.7 Å². The van der Waals surface area contributed by atoms with Gasteiger partial charge >= 0.3 is 0 Å². The van der Waals surface area contributed by atoms with Crippen LogP contribution in [0.5, 0.6) is 0 Å². The highest BCUT2D eigenvalue weighted by Crippen LogP contribution is 2.27. The number of rotatable bonds is 5. The number of likely N-dealkylation sites (tertiary alicyclic amines) is 1. The second-order valence-corrected chi connectivity index (χ2v) is 6.50. The molecule has 3 heteroatoms. The third-order valence-electron chi connectivity index (χ3n) is 4.18. The smallest absolute Gasteiger partial charge is 0.0306 e. The van der Waals surface area contributed by atoms with Crippen molar-refractivity contribution in [3.8, 4) is 0 Å². The second-order valence-electron chi connectivity index (χ2n) is 6.50. The SMILES string of the molecule is CC(C)CC(C)(CN)N1CCCC(N(C)C)C1. The van der Waals surface area contributed by atoms with Crippen molar-refractivity contribution in [1.29, 1.82) is 0 Å². The number of hydrogen-bond acceptors (Lipinski definition) is 3. The molecular formula is C14H31N3. The predicted molar refractivity (Wildman–Crippen MR) is 75.2 cm³/mol. The average Bonchev–Trinajstić information content (AvgIpc) is 2.28. The fourth-order valence-electron chi connectivity index (χ4n) is 3.09. The van der Waals surface area contributed by atoms with Crippen molar-refractivity contribution in [2.24, 2.45) is 11.7 Å². The summed E-state index contributed by atoms with van der Waals surface area (Å²) in [5, 5.41) is 0. The molecule has 17 heavy (non-hydrogen) atoms. The van der Waals surface area contributed by atoms with Gasteiger partial charge in [0.15, 0.2) is 0 Å². The maximum Gasteiger partial charge on any atom is 0.0306 e. The zero-order valence-corrected chi connectivity index (χ0v) is 12.4. The number of nitrogens with zero attached hydrogens (tertiary/aromatic N) is 2. The van der Waals surface area contributed by atoms with Crippen LogP contribution in [0.15, 0.2) is 0 Å². The topological polar surface area (TPSA) is 32.5 Å². The van der Waals surface area contributed by atoms with E-state index in [1.54, 1.807) is 0 Å². The molecule has 1 heterocycles. The molecule has 0 aromatic rings. The fraction of sp³-hybridized carbons (Fsp3) is 1.00. The van der Waals surface area contributed by atoms with Gasteiger partial charge in [-0.15, -0.1) is 0 Å². The van der Waals surface area contributed by atoms with Gasteiger partial charge in [-0.2, -0.15) is 0 Å². The molecule has 3 nitrogen and oxygen atoms in total. The summed E-state index contributed by atoms with van der Waals surface area (Å²) in [7, 11) is 4.38. The van der Waals surface area contributed by atoms with Gasteiger partial charge in [-0.25, -0.2) is 0 Å². The Morgan fingerprint density at radius 2 is 2.06 bits per heavy atom. The summed E-state index contributed by atoms with van der Waals surface area (Å²) in [4.78, 5) is 4.99. The summed E-state index contributed by atoms with van der Waals surface area (Å²) in [6, 6.07) is 0.696. The minimum absolute atomic E-state index is 0.183. The summed E-state index contributed by atoms with van der Waals surface area (Å²) < 4.78 is 0. The van der Waals surface area contributed by atoms with E-state index in [0.717, 1.165) is 6.54 Å². The number of nitrogens with two attached hydrogens (primary N) is 1. The second kappa shape index (κ2) is 6.17. The van der Waals surface area contributed by atoms with E-state index in [-0.39, 0.29) is 5.54 Å². The largest absolute Gasteiger partial charge is 0.329 e. The van der Waals surface area contributed by atoms with Crippen LogP contribution in [-0.2, 0) is 0 Å². The van der Waals surface area contributed by atoms with Gasteiger partial charge < -0.3 is 10.6 Å². The highest BCUT2D eigenvalue weighted by molar-refractivity contribution is 4.92. The van der Waals surface area contributed by atoms with Crippen molar-refractivity contribution in [2.45, 2.75) is 51.6 Å². The van der Waals surface area contributed by atoms with Gasteiger partial charge in [0.1, 0.15) is 0 Å². The maximum atomic E-state index is 6.05. The Balaban J connectivity index is 2.68. The first-order valence-electron chi connectivity index (χ1n) is 7.00. The van der Waals surface area contributed by atoms with Gasteiger partial charge in [0, 0.05) is 24.7 Å². The van der Waals surface area contributed by atoms with Crippen molar-refractivity contribution in [3.63, 3.8) is 0 Å². The highest BCUT2D eigenvalue weighted by Gasteiger charge is 2.34. The Labute approximate surface area is 107 Å². The lowest BCUT2D eigenvalue weighted by Crippen LogP contribution is -2.58. The lowest BCUT2D eigenvalue weighted by Gasteiger charge is -2.47. The Morgan fingerprint density at radius 1 is 1.41 bits per heavy atom. The third-order valence-corrected chi connectivity index (χ3v) is 4.18. The number of likely N-dealkylation sites (N-methyl/N-ethyl adjacent to an activating group) is 1. The number of piperidine rings is 1. The van der Waals surface area contributed by atoms with Crippen LogP contribution in [0.25, 0.3) is 0 Å². The van der Waals surface area contributed by atoms with E-state index in [0.29, 0.717) is 12.0 Å². The van der Waals surface area contributed by atoms with Gasteiger partial charge in [-0.3, -0.25) is 4.90 Å². The molecule has 0 spiro atoms. The first kappa shape index (κ1) is 14.9. The molecule has 0 saturated carbocycles. The first-order chi connectivity index (χ1) is 7.89. The third kappa shape index (κ3) is 3.94. The highest BCUT2D eigenvalue weighted by atomic mass is 15.3. The van der Waals surface area contributed by atoms with Crippen LogP contribution in [0.1, 0.15) is 40.0 Å². The molecule has 0 aliphatic carbocycles. The first-order valence-corrected chi connectivity index (χ1v) is 7.00. The molecule has 0 radical (unpaired) electrons. The van der Waals surface area contributed by atoms with E-state index in [9.17, 15) is 0 Å². The maximum absolute atomic E-state index is 6.05. The van der Waals surface area contributed by atoms with Crippen molar-refractivity contribution < 1.29 is 0 Å². The average molecular weight is 241 g/mol. The Hall–Kier alpha value is -0.120. The molecule has 1 rings (SSSR count). The molecule has 1 fully saturated rings. The lowest BCUT2D eigenvalue weighted by atomic mass is 9.86. The van der Waals surface area contributed by atoms with Crippen LogP contribution in [0.4, 0.5) is 0 Å². The summed E-state index contributed by atoms with van der Waals surface area (Å²) in [6.07, 6.45) is 3.83. The Morgan fingerprint density at radius 3 is 2.53 bits per heavy atom. The quantitative estimate of drug-likeness (QED) is 0.796. The monoisotopic (exact) mass is 241 g/mol. The van der Waals surface area contributed by atoms with Crippen LogP contribution in [0.3, 0.4) is 0 Å². The summed E-state index contributed by atoms with van der Waals surface area (Å²) in [6.45, 7) is 10.1. The lowest BCUT2D eigenvalue weighted by molar-refractivity contribution is 0.0332. The zero-order valence-electron chi connectivity index (χ0n) is 12.4. The van der Waals surface area contributed by atoms with E-state index >= 15 is 0 Å². The molecule has 1 aliphatic rings. The van der Waals surface area contributed by atoms with Crippen molar-refractivity contribution >= 4 is 0 Å². The minimum Gasteiger partial charge on any atom is -0.329 e. The van der Waals surface area contributed by atoms with Crippen LogP contribution >= 0.6 is 0 Å². The van der Waals surface area contributed by atoms with Crippen molar-refractivity contribution in [3.05, 3.63) is 0 Å². The van der Waals surface area contributed by atoms with Gasteiger partial charge in [0.2, 0.25) is 0 Å². The molecule has 2 N–H and O–H groups in total. The molecule has 0 amide bonds. The van der Waals surface area contributed by atoms with Gasteiger partial charge in [-0.1, -0.05) is 13.8 Å². The minimum atomic E-state index is 0.183. The summed E-state index contributed by atoms with van der Waals surface area (Å²) in [5.74, 6) is 0.711. The summed E-state index contributed by atoms with van der Waals surface area (Å²) >= 11 is 0. The molecule has 2 atom stereocenters. The van der Waals surface area contributed by atoms with E-state index in [1.165, 1.54) is 32.4 Å². The zero-order chi connectivity index (χ0) is 13.1. The molecule has 0 aromatic carbocycles. The van der Waals surface area contributed by atoms with Crippen LogP contribution in [0.2, 0.25) is 0 Å². The molecule has 2 unspecified atom stereocenters. The van der Waals surface area contributed by atoms with Crippen molar-refractivity contribution in [1.82, 2.24) is 9.80 Å². The normalized spacial score (nSPS) is 26.5. The summed E-state index contributed by atoms with van der Waals surface area (Å²) in [5.41, 5.74) is 6.24. The fourth-order valence-corrected chi connectivity index (χ4v) is 3.09. The molecule has 0 bridgehead atoms. The van der Waals surface area contributed by atoms with E-state index in [4.69, 9.17) is 5.73 Å². The molecule has 1 saturated heterocycles.